The SMILES string of the molecule is C[C@H](Oc1cccc(C#N)c1)C(=O)Nc1ccc(C(N)=O)cc1. The van der Waals surface area contributed by atoms with Crippen molar-refractivity contribution in [3.63, 3.8) is 0 Å². The molecular weight excluding hydrogens is 294 g/mol. The van der Waals surface area contributed by atoms with E-state index in [9.17, 15) is 9.59 Å². The van der Waals surface area contributed by atoms with Gasteiger partial charge in [-0.1, -0.05) is 6.07 Å². The van der Waals surface area contributed by atoms with Gasteiger partial charge in [-0.3, -0.25) is 9.59 Å². The van der Waals surface area contributed by atoms with Crippen LogP contribution in [-0.4, -0.2) is 17.9 Å². The summed E-state index contributed by atoms with van der Waals surface area (Å²) in [5, 5.41) is 11.5. The first-order valence-electron chi connectivity index (χ1n) is 6.87. The standard InChI is InChI=1S/C17H15N3O3/c1-11(23-15-4-2-3-12(9-15)10-18)17(22)20-14-7-5-13(6-8-14)16(19)21/h2-9,11H,1H3,(H2,19,21)(H,20,22)/t11-/m0/s1. The molecule has 0 fully saturated rings. The minimum absolute atomic E-state index is 0.348. The van der Waals surface area contributed by atoms with Crippen LogP contribution >= 0.6 is 0 Å². The summed E-state index contributed by atoms with van der Waals surface area (Å²) in [5.41, 5.74) is 6.50. The van der Waals surface area contributed by atoms with Crippen LogP contribution in [0, 0.1) is 11.3 Å². The maximum atomic E-state index is 12.1. The lowest BCUT2D eigenvalue weighted by atomic mass is 10.2. The van der Waals surface area contributed by atoms with E-state index >= 15 is 0 Å². The van der Waals surface area contributed by atoms with Gasteiger partial charge in [0.05, 0.1) is 11.6 Å². The molecule has 0 saturated heterocycles. The Balaban J connectivity index is 1.99. The number of nitriles is 1. The largest absolute Gasteiger partial charge is 0.481 e. The van der Waals surface area contributed by atoms with Gasteiger partial charge in [0.2, 0.25) is 5.91 Å². The first kappa shape index (κ1) is 16.0. The summed E-state index contributed by atoms with van der Waals surface area (Å²) >= 11 is 0. The van der Waals surface area contributed by atoms with Crippen molar-refractivity contribution in [3.8, 4) is 11.8 Å². The van der Waals surface area contributed by atoms with Gasteiger partial charge in [-0.05, 0) is 49.4 Å². The van der Waals surface area contributed by atoms with Crippen molar-refractivity contribution in [1.82, 2.24) is 0 Å². The van der Waals surface area contributed by atoms with Gasteiger partial charge < -0.3 is 15.8 Å². The quantitative estimate of drug-likeness (QED) is 0.881. The van der Waals surface area contributed by atoms with E-state index in [4.69, 9.17) is 15.7 Å². The van der Waals surface area contributed by atoms with E-state index in [1.54, 1.807) is 43.3 Å². The highest BCUT2D eigenvalue weighted by Crippen LogP contribution is 2.15. The minimum atomic E-state index is -0.750. The highest BCUT2D eigenvalue weighted by atomic mass is 16.5. The zero-order valence-corrected chi connectivity index (χ0v) is 12.4. The molecule has 6 nitrogen and oxygen atoms in total. The van der Waals surface area contributed by atoms with Crippen molar-refractivity contribution < 1.29 is 14.3 Å². The molecule has 0 bridgehead atoms. The molecule has 0 saturated carbocycles. The number of carbonyl (C=O) groups excluding carboxylic acids is 2. The molecule has 0 heterocycles. The van der Waals surface area contributed by atoms with Crippen LogP contribution < -0.4 is 15.8 Å². The van der Waals surface area contributed by atoms with E-state index in [0.717, 1.165) is 0 Å². The second-order valence-electron chi connectivity index (χ2n) is 4.83. The summed E-state index contributed by atoms with van der Waals surface area (Å²) < 4.78 is 5.52. The van der Waals surface area contributed by atoms with Crippen molar-refractivity contribution in [2.24, 2.45) is 5.73 Å². The number of hydrogen-bond acceptors (Lipinski definition) is 4. The van der Waals surface area contributed by atoms with Gasteiger partial charge >= 0.3 is 0 Å². The second kappa shape index (κ2) is 7.09. The smallest absolute Gasteiger partial charge is 0.265 e. The van der Waals surface area contributed by atoms with Crippen LogP contribution in [0.3, 0.4) is 0 Å². The molecule has 3 N–H and O–H groups in total. The molecule has 0 aliphatic heterocycles. The fourth-order valence-corrected chi connectivity index (χ4v) is 1.86. The summed E-state index contributed by atoms with van der Waals surface area (Å²) in [5.74, 6) is -0.438. The Labute approximate surface area is 133 Å². The maximum Gasteiger partial charge on any atom is 0.265 e. The van der Waals surface area contributed by atoms with Crippen LogP contribution in [0.5, 0.6) is 5.75 Å². The van der Waals surface area contributed by atoms with Crippen molar-refractivity contribution in [3.05, 3.63) is 59.7 Å². The number of ether oxygens (including phenoxy) is 1. The summed E-state index contributed by atoms with van der Waals surface area (Å²) in [4.78, 5) is 23.1. The zero-order chi connectivity index (χ0) is 16.8. The van der Waals surface area contributed by atoms with Gasteiger partial charge in [0.15, 0.2) is 6.10 Å². The lowest BCUT2D eigenvalue weighted by Crippen LogP contribution is -2.30. The zero-order valence-electron chi connectivity index (χ0n) is 12.4. The molecule has 1 atom stereocenters. The molecule has 2 aromatic carbocycles. The Hall–Kier alpha value is -3.33. The highest BCUT2D eigenvalue weighted by Gasteiger charge is 2.15. The lowest BCUT2D eigenvalue weighted by molar-refractivity contribution is -0.122. The fourth-order valence-electron chi connectivity index (χ4n) is 1.86. The number of benzene rings is 2. The van der Waals surface area contributed by atoms with Crippen molar-refractivity contribution in [2.45, 2.75) is 13.0 Å². The number of hydrogen-bond donors (Lipinski definition) is 2. The molecule has 116 valence electrons. The van der Waals surface area contributed by atoms with Gasteiger partial charge in [-0.15, -0.1) is 0 Å². The predicted octanol–water partition coefficient (Wildman–Crippen LogP) is 2.06. The van der Waals surface area contributed by atoms with Crippen molar-refractivity contribution in [1.29, 1.82) is 5.26 Å². The first-order valence-corrected chi connectivity index (χ1v) is 6.87. The normalized spacial score (nSPS) is 11.1. The molecular formula is C17H15N3O3. The van der Waals surface area contributed by atoms with E-state index in [0.29, 0.717) is 22.6 Å². The first-order chi connectivity index (χ1) is 11.0. The number of amides is 2. The summed E-state index contributed by atoms with van der Waals surface area (Å²) in [7, 11) is 0. The number of primary amides is 1. The number of nitrogens with one attached hydrogen (secondary N) is 1. The Morgan fingerprint density at radius 3 is 2.52 bits per heavy atom. The molecule has 2 rings (SSSR count). The van der Waals surface area contributed by atoms with E-state index in [-0.39, 0.29) is 5.91 Å². The number of anilines is 1. The maximum absolute atomic E-state index is 12.1. The summed E-state index contributed by atoms with van der Waals surface area (Å²) in [6, 6.07) is 14.8. The van der Waals surface area contributed by atoms with Gasteiger partial charge in [0.1, 0.15) is 5.75 Å². The van der Waals surface area contributed by atoms with E-state index in [1.165, 1.54) is 12.1 Å². The number of carbonyl (C=O) groups is 2. The van der Waals surface area contributed by atoms with Gasteiger partial charge in [-0.25, -0.2) is 0 Å². The van der Waals surface area contributed by atoms with Crippen LogP contribution in [-0.2, 0) is 4.79 Å². The molecule has 6 heteroatoms. The topological polar surface area (TPSA) is 105 Å². The Morgan fingerprint density at radius 2 is 1.91 bits per heavy atom. The fraction of sp³-hybridized carbons (Fsp3) is 0.118. The molecule has 0 aliphatic carbocycles. The summed E-state index contributed by atoms with van der Waals surface area (Å²) in [6.45, 7) is 1.60. The lowest BCUT2D eigenvalue weighted by Gasteiger charge is -2.15. The molecule has 23 heavy (non-hydrogen) atoms. The number of rotatable bonds is 5. The summed E-state index contributed by atoms with van der Waals surface area (Å²) in [6.07, 6.45) is -0.750. The number of nitrogens with zero attached hydrogens (tertiary/aromatic N) is 1. The Morgan fingerprint density at radius 1 is 1.22 bits per heavy atom. The molecule has 0 radical (unpaired) electrons. The van der Waals surface area contributed by atoms with E-state index in [1.807, 2.05) is 6.07 Å². The monoisotopic (exact) mass is 309 g/mol. The minimum Gasteiger partial charge on any atom is -0.481 e. The molecule has 0 aromatic heterocycles. The third-order valence-corrected chi connectivity index (χ3v) is 3.08. The van der Waals surface area contributed by atoms with Gasteiger partial charge in [0.25, 0.3) is 5.91 Å². The molecule has 2 aromatic rings. The number of nitrogens with two attached hydrogens (primary N) is 1. The van der Waals surface area contributed by atoms with E-state index < -0.39 is 12.0 Å². The predicted molar refractivity (Wildman–Crippen MR) is 84.8 cm³/mol. The van der Waals surface area contributed by atoms with E-state index in [2.05, 4.69) is 5.32 Å². The Bertz CT molecular complexity index is 763. The van der Waals surface area contributed by atoms with Crippen molar-refractivity contribution in [2.75, 3.05) is 5.32 Å². The molecule has 0 spiro atoms. The van der Waals surface area contributed by atoms with Crippen molar-refractivity contribution >= 4 is 17.5 Å². The highest BCUT2D eigenvalue weighted by molar-refractivity contribution is 5.96. The third-order valence-electron chi connectivity index (χ3n) is 3.08. The average molecular weight is 309 g/mol. The van der Waals surface area contributed by atoms with Gasteiger partial charge in [-0.2, -0.15) is 5.26 Å². The Kier molecular flexibility index (Phi) is 4.95. The van der Waals surface area contributed by atoms with Gasteiger partial charge in [0, 0.05) is 11.3 Å². The molecule has 0 aliphatic rings. The average Bonchev–Trinajstić information content (AvgIpc) is 2.55. The second-order valence-corrected chi connectivity index (χ2v) is 4.83. The van der Waals surface area contributed by atoms with Crippen LogP contribution in [0.15, 0.2) is 48.5 Å². The van der Waals surface area contributed by atoms with Crippen LogP contribution in [0.25, 0.3) is 0 Å². The third kappa shape index (κ3) is 4.32. The molecule has 0 unspecified atom stereocenters. The molecule has 2 amide bonds. The van der Waals surface area contributed by atoms with Crippen LogP contribution in [0.4, 0.5) is 5.69 Å². The van der Waals surface area contributed by atoms with Crippen LogP contribution in [0.2, 0.25) is 0 Å². The van der Waals surface area contributed by atoms with Crippen LogP contribution in [0.1, 0.15) is 22.8 Å².